The zero-order chi connectivity index (χ0) is 19.8. The van der Waals surface area contributed by atoms with E-state index in [1.54, 1.807) is 0 Å². The van der Waals surface area contributed by atoms with E-state index in [1.807, 2.05) is 36.1 Å². The van der Waals surface area contributed by atoms with E-state index >= 15 is 0 Å². The number of para-hydroxylation sites is 1. The molecular weight excluding hydrogens is 354 g/mol. The molecule has 0 bridgehead atoms. The number of rotatable bonds is 8. The van der Waals surface area contributed by atoms with Crippen LogP contribution in [-0.2, 0) is 16.0 Å². The van der Waals surface area contributed by atoms with Crippen LogP contribution in [0.15, 0.2) is 24.3 Å². The summed E-state index contributed by atoms with van der Waals surface area (Å²) in [6, 6.07) is 7.90. The van der Waals surface area contributed by atoms with Crippen LogP contribution < -0.4 is 15.4 Å². The molecule has 2 heterocycles. The first kappa shape index (κ1) is 20.6. The fourth-order valence-electron chi connectivity index (χ4n) is 4.14. The van der Waals surface area contributed by atoms with Crippen molar-refractivity contribution in [3.05, 3.63) is 29.8 Å². The smallest absolute Gasteiger partial charge is 0.237 e. The summed E-state index contributed by atoms with van der Waals surface area (Å²) in [6.45, 7) is 5.74. The van der Waals surface area contributed by atoms with E-state index in [0.717, 1.165) is 56.6 Å². The van der Waals surface area contributed by atoms with Crippen molar-refractivity contribution >= 4 is 11.8 Å². The molecule has 2 saturated heterocycles. The number of benzene rings is 1. The molecule has 1 aromatic carbocycles. The highest BCUT2D eigenvalue weighted by Gasteiger charge is 2.26. The number of ether oxygens (including phenoxy) is 1. The Balaban J connectivity index is 1.44. The van der Waals surface area contributed by atoms with Gasteiger partial charge >= 0.3 is 0 Å². The SMILES string of the molecule is CCOc1ccccc1CCC(=O)N1CCCC(CNC(=O)C2CCCN2)C1. The summed E-state index contributed by atoms with van der Waals surface area (Å²) in [7, 11) is 0. The fraction of sp³-hybridized carbons (Fsp3) is 0.636. The number of piperidine rings is 1. The predicted octanol–water partition coefficient (Wildman–Crippen LogP) is 2.12. The van der Waals surface area contributed by atoms with Crippen LogP contribution in [-0.4, -0.2) is 55.5 Å². The van der Waals surface area contributed by atoms with Crippen LogP contribution in [0, 0.1) is 5.92 Å². The van der Waals surface area contributed by atoms with Crippen LogP contribution >= 0.6 is 0 Å². The van der Waals surface area contributed by atoms with Gasteiger partial charge in [-0.15, -0.1) is 0 Å². The van der Waals surface area contributed by atoms with Crippen molar-refractivity contribution in [2.75, 3.05) is 32.8 Å². The van der Waals surface area contributed by atoms with Gasteiger partial charge in [0.05, 0.1) is 12.6 Å². The second-order valence-corrected chi connectivity index (χ2v) is 7.78. The summed E-state index contributed by atoms with van der Waals surface area (Å²) in [5.74, 6) is 1.52. The maximum Gasteiger partial charge on any atom is 0.237 e. The lowest BCUT2D eigenvalue weighted by atomic mass is 9.97. The number of nitrogens with zero attached hydrogens (tertiary/aromatic N) is 1. The molecule has 0 aliphatic carbocycles. The third kappa shape index (κ3) is 5.71. The second-order valence-electron chi connectivity index (χ2n) is 7.78. The number of likely N-dealkylation sites (tertiary alicyclic amines) is 1. The van der Waals surface area contributed by atoms with E-state index in [2.05, 4.69) is 10.6 Å². The van der Waals surface area contributed by atoms with Crippen LogP contribution in [0.2, 0.25) is 0 Å². The number of hydrogen-bond donors (Lipinski definition) is 2. The molecule has 0 saturated carbocycles. The van der Waals surface area contributed by atoms with E-state index < -0.39 is 0 Å². The van der Waals surface area contributed by atoms with E-state index in [-0.39, 0.29) is 17.9 Å². The molecule has 3 rings (SSSR count). The fourth-order valence-corrected chi connectivity index (χ4v) is 4.14. The van der Waals surface area contributed by atoms with Crippen molar-refractivity contribution in [2.24, 2.45) is 5.92 Å². The van der Waals surface area contributed by atoms with E-state index in [9.17, 15) is 9.59 Å². The minimum Gasteiger partial charge on any atom is -0.494 e. The minimum atomic E-state index is -0.0354. The van der Waals surface area contributed by atoms with Crippen molar-refractivity contribution in [3.8, 4) is 5.75 Å². The first-order chi connectivity index (χ1) is 13.7. The molecule has 2 fully saturated rings. The maximum absolute atomic E-state index is 12.7. The summed E-state index contributed by atoms with van der Waals surface area (Å²) in [6.07, 6.45) is 5.24. The lowest BCUT2D eigenvalue weighted by molar-refractivity contribution is -0.132. The molecule has 2 amide bonds. The van der Waals surface area contributed by atoms with Crippen LogP contribution in [0.1, 0.15) is 44.6 Å². The Bertz CT molecular complexity index is 658. The highest BCUT2D eigenvalue weighted by molar-refractivity contribution is 5.82. The van der Waals surface area contributed by atoms with Crippen LogP contribution in [0.5, 0.6) is 5.75 Å². The maximum atomic E-state index is 12.7. The van der Waals surface area contributed by atoms with Crippen LogP contribution in [0.25, 0.3) is 0 Å². The molecule has 2 atom stereocenters. The summed E-state index contributed by atoms with van der Waals surface area (Å²) < 4.78 is 5.66. The first-order valence-electron chi connectivity index (χ1n) is 10.7. The first-order valence-corrected chi connectivity index (χ1v) is 10.7. The molecule has 6 nitrogen and oxygen atoms in total. The largest absolute Gasteiger partial charge is 0.494 e. The Morgan fingerprint density at radius 3 is 2.89 bits per heavy atom. The van der Waals surface area contributed by atoms with Crippen molar-refractivity contribution in [1.29, 1.82) is 0 Å². The second kappa shape index (κ2) is 10.5. The Hall–Kier alpha value is -2.08. The molecule has 2 N–H and O–H groups in total. The molecule has 154 valence electrons. The quantitative estimate of drug-likeness (QED) is 0.717. The highest BCUT2D eigenvalue weighted by Crippen LogP contribution is 2.21. The van der Waals surface area contributed by atoms with Crippen LogP contribution in [0.3, 0.4) is 0 Å². The normalized spacial score (nSPS) is 22.1. The third-order valence-electron chi connectivity index (χ3n) is 5.69. The summed E-state index contributed by atoms with van der Waals surface area (Å²) in [5, 5.41) is 6.31. The van der Waals surface area contributed by atoms with Crippen molar-refractivity contribution < 1.29 is 14.3 Å². The van der Waals surface area contributed by atoms with Gasteiger partial charge in [0.15, 0.2) is 0 Å². The molecule has 0 aromatic heterocycles. The Morgan fingerprint density at radius 2 is 2.11 bits per heavy atom. The van der Waals surface area contributed by atoms with E-state index in [1.165, 1.54) is 0 Å². The van der Waals surface area contributed by atoms with Gasteiger partial charge in [0.2, 0.25) is 11.8 Å². The van der Waals surface area contributed by atoms with Crippen molar-refractivity contribution in [2.45, 2.75) is 51.5 Å². The lowest BCUT2D eigenvalue weighted by Gasteiger charge is -2.33. The van der Waals surface area contributed by atoms with Crippen LogP contribution in [0.4, 0.5) is 0 Å². The monoisotopic (exact) mass is 387 g/mol. The molecule has 0 radical (unpaired) electrons. The number of amides is 2. The topological polar surface area (TPSA) is 70.7 Å². The standard InChI is InChI=1S/C22H33N3O3/c1-2-28-20-10-4-3-8-18(20)11-12-21(26)25-14-6-7-17(16-25)15-24-22(27)19-9-5-13-23-19/h3-4,8,10,17,19,23H,2,5-7,9,11-16H2,1H3,(H,24,27). The number of aryl methyl sites for hydroxylation is 1. The molecular formula is C22H33N3O3. The zero-order valence-electron chi connectivity index (χ0n) is 16.9. The van der Waals surface area contributed by atoms with Gasteiger partial charge in [0, 0.05) is 26.1 Å². The zero-order valence-corrected chi connectivity index (χ0v) is 16.9. The van der Waals surface area contributed by atoms with E-state index in [0.29, 0.717) is 31.9 Å². The van der Waals surface area contributed by atoms with Gasteiger partial charge in [-0.1, -0.05) is 18.2 Å². The van der Waals surface area contributed by atoms with E-state index in [4.69, 9.17) is 4.74 Å². The molecule has 6 heteroatoms. The van der Waals surface area contributed by atoms with Gasteiger partial charge in [0.1, 0.15) is 5.75 Å². The Morgan fingerprint density at radius 1 is 1.25 bits per heavy atom. The van der Waals surface area contributed by atoms with Gasteiger partial charge in [-0.2, -0.15) is 0 Å². The molecule has 2 unspecified atom stereocenters. The summed E-state index contributed by atoms with van der Waals surface area (Å²) in [4.78, 5) is 26.9. The number of hydrogen-bond acceptors (Lipinski definition) is 4. The Labute approximate surface area is 168 Å². The average molecular weight is 388 g/mol. The minimum absolute atomic E-state index is 0.0354. The molecule has 0 spiro atoms. The lowest BCUT2D eigenvalue weighted by Crippen LogP contribution is -2.46. The summed E-state index contributed by atoms with van der Waals surface area (Å²) in [5.41, 5.74) is 1.09. The Kier molecular flexibility index (Phi) is 7.71. The highest BCUT2D eigenvalue weighted by atomic mass is 16.5. The molecule has 1 aromatic rings. The van der Waals surface area contributed by atoms with Crippen molar-refractivity contribution in [1.82, 2.24) is 15.5 Å². The van der Waals surface area contributed by atoms with Crippen molar-refractivity contribution in [3.63, 3.8) is 0 Å². The number of carbonyl (C=O) groups is 2. The van der Waals surface area contributed by atoms with Gasteiger partial charge in [-0.3, -0.25) is 9.59 Å². The van der Waals surface area contributed by atoms with Gasteiger partial charge in [0.25, 0.3) is 0 Å². The molecule has 2 aliphatic heterocycles. The van der Waals surface area contributed by atoms with Gasteiger partial charge in [-0.05, 0) is 63.1 Å². The number of nitrogens with one attached hydrogen (secondary N) is 2. The predicted molar refractivity (Wildman–Crippen MR) is 109 cm³/mol. The molecule has 2 aliphatic rings. The summed E-state index contributed by atoms with van der Waals surface area (Å²) >= 11 is 0. The van der Waals surface area contributed by atoms with Gasteiger partial charge in [-0.25, -0.2) is 0 Å². The third-order valence-corrected chi connectivity index (χ3v) is 5.69. The number of carbonyl (C=O) groups excluding carboxylic acids is 2. The average Bonchev–Trinajstić information content (AvgIpc) is 3.26. The van der Waals surface area contributed by atoms with Gasteiger partial charge < -0.3 is 20.3 Å². The molecule has 28 heavy (non-hydrogen) atoms.